The predicted molar refractivity (Wildman–Crippen MR) is 244 cm³/mol. The molecule has 279 valence electrons. The van der Waals surface area contributed by atoms with E-state index in [1.54, 1.807) is 0 Å². The summed E-state index contributed by atoms with van der Waals surface area (Å²) in [6, 6.07) is 44.5. The Labute approximate surface area is 339 Å². The lowest BCUT2D eigenvalue weighted by molar-refractivity contribution is 0.332. The smallest absolute Gasteiger partial charge is 0.193 e. The molecule has 1 heterocycles. The first-order valence-electron chi connectivity index (χ1n) is 21.2. The molecule has 1 radical (unpaired) electrons. The maximum Gasteiger partial charge on any atom is 0.193 e. The second kappa shape index (κ2) is 11.9. The third-order valence-electron chi connectivity index (χ3n) is 14.7. The highest BCUT2D eigenvalue weighted by molar-refractivity contribution is 6.70. The van der Waals surface area contributed by atoms with Gasteiger partial charge in [0.2, 0.25) is 0 Å². The van der Waals surface area contributed by atoms with Crippen molar-refractivity contribution in [3.63, 3.8) is 0 Å². The number of benzene rings is 7. The molecule has 1 atom stereocenters. The highest BCUT2D eigenvalue weighted by atomic mass is 14.9. The van der Waals surface area contributed by atoms with Gasteiger partial charge >= 0.3 is 0 Å². The normalized spacial score (nSPS) is 18.4. The zero-order valence-electron chi connectivity index (χ0n) is 34.7. The van der Waals surface area contributed by atoms with Gasteiger partial charge in [0.05, 0.1) is 0 Å². The Kier molecular flexibility index (Phi) is 7.25. The van der Waals surface area contributed by atoms with Crippen LogP contribution in [-0.2, 0) is 22.7 Å². The summed E-state index contributed by atoms with van der Waals surface area (Å²) in [5, 5.41) is 6.83. The summed E-state index contributed by atoms with van der Waals surface area (Å²) in [6.45, 7) is 19.2. The zero-order chi connectivity index (χ0) is 39.2. The number of fused-ring (bicyclic) bond motifs is 10. The fourth-order valence-electron chi connectivity index (χ4n) is 11.6. The molecule has 0 amide bonds. The highest BCUT2D eigenvalue weighted by Gasteiger charge is 2.42. The minimum absolute atomic E-state index is 0.126. The Balaban J connectivity index is 1.14. The van der Waals surface area contributed by atoms with Crippen LogP contribution in [0.15, 0.2) is 115 Å². The average molecular weight is 737 g/mol. The molecule has 4 aliphatic rings. The molecule has 1 aliphatic heterocycles. The predicted octanol–water partition coefficient (Wildman–Crippen LogP) is 12.8. The molecule has 1 unspecified atom stereocenters. The van der Waals surface area contributed by atoms with Crippen LogP contribution in [0, 0.1) is 13.8 Å². The van der Waals surface area contributed by atoms with Crippen molar-refractivity contribution in [3.8, 4) is 33.4 Å². The molecular weight excluding hydrogens is 685 g/mol. The Morgan fingerprint density at radius 3 is 2.16 bits per heavy atom. The number of aryl methyl sites for hydroxylation is 2. The summed E-state index contributed by atoms with van der Waals surface area (Å²) in [6.07, 6.45) is 3.41. The highest BCUT2D eigenvalue weighted by Crippen LogP contribution is 2.56. The second-order valence-electron chi connectivity index (χ2n) is 19.5. The molecule has 0 spiro atoms. The van der Waals surface area contributed by atoms with Crippen LogP contribution in [0.2, 0.25) is 0 Å². The van der Waals surface area contributed by atoms with Crippen LogP contribution in [0.3, 0.4) is 0 Å². The van der Waals surface area contributed by atoms with E-state index in [0.29, 0.717) is 0 Å². The third kappa shape index (κ3) is 4.95. The number of rotatable bonds is 3. The van der Waals surface area contributed by atoms with Crippen LogP contribution in [0.5, 0.6) is 0 Å². The van der Waals surface area contributed by atoms with Gasteiger partial charge in [0, 0.05) is 28.3 Å². The zero-order valence-corrected chi connectivity index (χ0v) is 34.7. The molecule has 0 aromatic heterocycles. The molecule has 11 rings (SSSR count). The molecule has 57 heavy (non-hydrogen) atoms. The first-order valence-corrected chi connectivity index (χ1v) is 21.2. The number of nitrogens with one attached hydrogen (secondary N) is 1. The van der Waals surface area contributed by atoms with Gasteiger partial charge in [0.25, 0.3) is 0 Å². The molecule has 7 aromatic rings. The van der Waals surface area contributed by atoms with Gasteiger partial charge in [-0.2, -0.15) is 0 Å². The minimum Gasteiger partial charge on any atom is -0.355 e. The monoisotopic (exact) mass is 736 g/mol. The van der Waals surface area contributed by atoms with Gasteiger partial charge in [-0.1, -0.05) is 161 Å². The van der Waals surface area contributed by atoms with Crippen molar-refractivity contribution in [2.24, 2.45) is 0 Å². The van der Waals surface area contributed by atoms with Crippen LogP contribution in [-0.4, -0.2) is 7.28 Å². The average Bonchev–Trinajstić information content (AvgIpc) is 3.43. The molecule has 0 saturated heterocycles. The van der Waals surface area contributed by atoms with E-state index in [9.17, 15) is 0 Å². The van der Waals surface area contributed by atoms with Crippen LogP contribution in [0.4, 0.5) is 11.4 Å². The van der Waals surface area contributed by atoms with E-state index in [2.05, 4.69) is 183 Å². The molecule has 7 aromatic carbocycles. The second-order valence-corrected chi connectivity index (χ2v) is 19.5. The van der Waals surface area contributed by atoms with Crippen LogP contribution < -0.4 is 16.2 Å². The van der Waals surface area contributed by atoms with Crippen molar-refractivity contribution in [2.75, 3.05) is 5.32 Å². The van der Waals surface area contributed by atoms with E-state index >= 15 is 0 Å². The van der Waals surface area contributed by atoms with E-state index in [1.807, 2.05) is 0 Å². The molecule has 3 aliphatic carbocycles. The van der Waals surface area contributed by atoms with E-state index in [-0.39, 0.29) is 22.2 Å². The topological polar surface area (TPSA) is 12.0 Å². The molecule has 2 heteroatoms. The van der Waals surface area contributed by atoms with Crippen LogP contribution in [0.1, 0.15) is 110 Å². The van der Waals surface area contributed by atoms with Crippen molar-refractivity contribution >= 4 is 40.4 Å². The maximum absolute atomic E-state index is 4.16. The molecular formula is C55H51BN. The third-order valence-corrected chi connectivity index (χ3v) is 14.7. The van der Waals surface area contributed by atoms with Gasteiger partial charge in [-0.15, -0.1) is 0 Å². The van der Waals surface area contributed by atoms with Gasteiger partial charge in [0.15, 0.2) is 7.28 Å². The fourth-order valence-corrected chi connectivity index (χ4v) is 11.6. The van der Waals surface area contributed by atoms with Crippen molar-refractivity contribution in [3.05, 3.63) is 165 Å². The lowest BCUT2D eigenvalue weighted by atomic mass is 9.50. The summed E-state index contributed by atoms with van der Waals surface area (Å²) >= 11 is 0. The Hall–Kier alpha value is -5.34. The van der Waals surface area contributed by atoms with Crippen LogP contribution in [0.25, 0.3) is 44.2 Å². The number of hydrogen-bond acceptors (Lipinski definition) is 1. The SMILES string of the molecule is Cc1cc(-c2c(Nc3cc4c(cc3C)C(C)(C)CCC4(C)C)ccc3c2C(C)(C)c2ccccc2-3)c2c(c1)C1Cc3ccc4ccccc4c3-c3cccc(c31)[B]2. The Morgan fingerprint density at radius 1 is 0.596 bits per heavy atom. The quantitative estimate of drug-likeness (QED) is 0.178. The standard InChI is InChI=1S/C55H51BN/c1-31-26-40-39-29-34-21-20-33-14-9-10-15-35(33)48(34)38-17-13-19-45(49(38)39)56-52(40)41(27-31)50-46(23-22-37-36-16-11-12-18-42(36)55(7,8)51(37)50)57-47-30-44-43(28-32(47)2)53(3,4)24-25-54(44,5)6/h9-23,26-28,30,39,57H,24-25,29H2,1-8H3. The summed E-state index contributed by atoms with van der Waals surface area (Å²) in [5.74, 6) is 0.287. The Bertz CT molecular complexity index is 2880. The largest absolute Gasteiger partial charge is 0.355 e. The van der Waals surface area contributed by atoms with Crippen molar-refractivity contribution in [2.45, 2.75) is 96.8 Å². The van der Waals surface area contributed by atoms with E-state index in [4.69, 9.17) is 0 Å². The van der Waals surface area contributed by atoms with Crippen molar-refractivity contribution in [1.82, 2.24) is 0 Å². The first-order chi connectivity index (χ1) is 27.3. The number of anilines is 2. The van der Waals surface area contributed by atoms with E-state index in [0.717, 1.165) is 6.42 Å². The molecule has 0 bridgehead atoms. The molecule has 0 fully saturated rings. The van der Waals surface area contributed by atoms with Gasteiger partial charge in [-0.3, -0.25) is 0 Å². The van der Waals surface area contributed by atoms with Gasteiger partial charge in [-0.25, -0.2) is 0 Å². The van der Waals surface area contributed by atoms with E-state index < -0.39 is 0 Å². The molecule has 1 nitrogen and oxygen atoms in total. The fraction of sp³-hybridized carbons (Fsp3) is 0.273. The van der Waals surface area contributed by atoms with Crippen molar-refractivity contribution < 1.29 is 0 Å². The first kappa shape index (κ1) is 34.9. The number of hydrogen-bond donors (Lipinski definition) is 1. The van der Waals surface area contributed by atoms with E-state index in [1.165, 1.54) is 129 Å². The van der Waals surface area contributed by atoms with Gasteiger partial charge in [0.1, 0.15) is 0 Å². The molecule has 1 N–H and O–H groups in total. The molecule has 0 saturated carbocycles. The summed E-state index contributed by atoms with van der Waals surface area (Å²) in [4.78, 5) is 0. The Morgan fingerprint density at radius 2 is 1.33 bits per heavy atom. The van der Waals surface area contributed by atoms with Crippen molar-refractivity contribution in [1.29, 1.82) is 0 Å². The lowest BCUT2D eigenvalue weighted by Gasteiger charge is -2.42. The van der Waals surface area contributed by atoms with Gasteiger partial charge in [-0.05, 0) is 139 Å². The summed E-state index contributed by atoms with van der Waals surface area (Å²) < 4.78 is 0. The van der Waals surface area contributed by atoms with Gasteiger partial charge < -0.3 is 5.32 Å². The summed E-state index contributed by atoms with van der Waals surface area (Å²) in [7, 11) is 2.53. The summed E-state index contributed by atoms with van der Waals surface area (Å²) in [5.41, 5.74) is 26.3. The van der Waals surface area contributed by atoms with Crippen LogP contribution >= 0.6 is 0 Å². The maximum atomic E-state index is 4.16. The minimum atomic E-state index is -0.183. The lowest BCUT2D eigenvalue weighted by Crippen LogP contribution is -2.42.